The Kier molecular flexibility index (Phi) is 18.9. The van der Waals surface area contributed by atoms with Gasteiger partial charge in [0.05, 0.1) is 25.6 Å². The number of fused-ring (bicyclic) bond motifs is 1. The molecule has 5 N–H and O–H groups in total. The molecule has 0 spiro atoms. The van der Waals surface area contributed by atoms with Crippen molar-refractivity contribution < 1.29 is 18.3 Å². The lowest BCUT2D eigenvalue weighted by molar-refractivity contribution is -0.0367. The highest BCUT2D eigenvalue weighted by atomic mass is 32.2. The third kappa shape index (κ3) is 13.9. The van der Waals surface area contributed by atoms with E-state index in [9.17, 15) is 4.57 Å². The fourth-order valence-electron chi connectivity index (χ4n) is 3.71. The van der Waals surface area contributed by atoms with Gasteiger partial charge in [-0.2, -0.15) is 11.8 Å². The van der Waals surface area contributed by atoms with Crippen LogP contribution in [-0.4, -0.2) is 50.5 Å². The van der Waals surface area contributed by atoms with Gasteiger partial charge in [-0.05, 0) is 31.3 Å². The van der Waals surface area contributed by atoms with Crippen molar-refractivity contribution in [1.29, 1.82) is 0 Å². The molecule has 2 aromatic heterocycles. The zero-order chi connectivity index (χ0) is 25.1. The van der Waals surface area contributed by atoms with E-state index in [0.717, 1.165) is 12.2 Å². The van der Waals surface area contributed by atoms with Crippen LogP contribution in [0.5, 0.6) is 0 Å². The van der Waals surface area contributed by atoms with Crippen molar-refractivity contribution in [3.8, 4) is 0 Å². The van der Waals surface area contributed by atoms with Crippen LogP contribution in [0.2, 0.25) is 0 Å². The minimum atomic E-state index is -2.54. The van der Waals surface area contributed by atoms with E-state index in [1.807, 2.05) is 23.3 Å². The largest absolute Gasteiger partial charge is 0.382 e. The van der Waals surface area contributed by atoms with Crippen LogP contribution in [0.1, 0.15) is 84.5 Å². The quantitative estimate of drug-likeness (QED) is 0.0964. The van der Waals surface area contributed by atoms with Crippen molar-refractivity contribution >= 4 is 37.0 Å². The van der Waals surface area contributed by atoms with Crippen LogP contribution in [0.3, 0.4) is 0 Å². The maximum Gasteiger partial charge on any atom is 0.321 e. The molecule has 0 saturated carbocycles. The predicted octanol–water partition coefficient (Wildman–Crippen LogP) is 6.40. The van der Waals surface area contributed by atoms with E-state index in [2.05, 4.69) is 21.9 Å². The summed E-state index contributed by atoms with van der Waals surface area (Å²) in [6.45, 7) is 5.02. The number of anilines is 1. The number of imidazole rings is 1. The van der Waals surface area contributed by atoms with Crippen LogP contribution in [0.25, 0.3) is 11.2 Å². The van der Waals surface area contributed by atoms with Gasteiger partial charge < -0.3 is 25.7 Å². The van der Waals surface area contributed by atoms with Gasteiger partial charge in [0.2, 0.25) is 0 Å². The SMILES string of the molecule is CCCCCCCCCCCCSCCCO[PH](=O)OCO[C@H](C)Cn1cnc2c(N)ncnc21.N. The van der Waals surface area contributed by atoms with Gasteiger partial charge in [0, 0.05) is 0 Å². The van der Waals surface area contributed by atoms with Gasteiger partial charge in [0.1, 0.15) is 11.8 Å². The number of nitrogens with zero attached hydrogens (tertiary/aromatic N) is 4. The van der Waals surface area contributed by atoms with Gasteiger partial charge in [0.25, 0.3) is 0 Å². The monoisotopic (exact) mass is 546 g/mol. The molecule has 0 aliphatic heterocycles. The Labute approximate surface area is 221 Å². The highest BCUT2D eigenvalue weighted by molar-refractivity contribution is 7.99. The summed E-state index contributed by atoms with van der Waals surface area (Å²) in [5, 5.41) is 0. The van der Waals surface area contributed by atoms with E-state index in [0.29, 0.717) is 30.1 Å². The molecule has 0 aliphatic carbocycles. The van der Waals surface area contributed by atoms with Gasteiger partial charge >= 0.3 is 8.25 Å². The highest BCUT2D eigenvalue weighted by Crippen LogP contribution is 2.24. The van der Waals surface area contributed by atoms with Crippen LogP contribution in [0.4, 0.5) is 5.82 Å². The highest BCUT2D eigenvalue weighted by Gasteiger charge is 2.11. The number of rotatable bonds is 22. The van der Waals surface area contributed by atoms with Gasteiger partial charge in [-0.15, -0.1) is 0 Å². The van der Waals surface area contributed by atoms with Crippen LogP contribution < -0.4 is 11.9 Å². The van der Waals surface area contributed by atoms with Crippen molar-refractivity contribution in [2.75, 3.05) is 30.6 Å². The number of hydrogen-bond donors (Lipinski definition) is 2. The lowest BCUT2D eigenvalue weighted by Gasteiger charge is -2.14. The molecule has 0 amide bonds. The molecule has 0 fully saturated rings. The van der Waals surface area contributed by atoms with E-state index < -0.39 is 8.25 Å². The van der Waals surface area contributed by atoms with Gasteiger partial charge in [-0.1, -0.05) is 64.7 Å². The molecule has 0 radical (unpaired) electrons. The summed E-state index contributed by atoms with van der Waals surface area (Å²) in [6, 6.07) is 0. The zero-order valence-corrected chi connectivity index (χ0v) is 24.0. The maximum atomic E-state index is 11.9. The molecule has 10 nitrogen and oxygen atoms in total. The second-order valence-electron chi connectivity index (χ2n) is 8.81. The third-order valence-corrected chi connectivity index (χ3v) is 7.66. The summed E-state index contributed by atoms with van der Waals surface area (Å²) >= 11 is 1.95. The van der Waals surface area contributed by atoms with E-state index in [-0.39, 0.29) is 19.0 Å². The van der Waals surface area contributed by atoms with E-state index in [4.69, 9.17) is 19.5 Å². The van der Waals surface area contributed by atoms with E-state index in [1.54, 1.807) is 6.33 Å². The summed E-state index contributed by atoms with van der Waals surface area (Å²) in [5.74, 6) is 2.56. The Balaban J connectivity index is 0.00000648. The zero-order valence-electron chi connectivity index (χ0n) is 22.2. The normalized spacial score (nSPS) is 13.1. The standard InChI is InChI=1S/C24H44N5O4PS.H3N/c1-3-4-5-6-7-8-9-10-11-12-15-35-16-13-14-32-34(30)33-20-31-21(2)17-29-19-28-22-23(25)26-18-27-24(22)29;/h18-19,21,34H,3-17,20H2,1-2H3,(H2,25,26,27);1H3/t21-;/m1./s1. The lowest BCUT2D eigenvalue weighted by atomic mass is 10.1. The molecule has 208 valence electrons. The Morgan fingerprint density at radius 2 is 1.64 bits per heavy atom. The van der Waals surface area contributed by atoms with Gasteiger partial charge in [-0.25, -0.2) is 15.0 Å². The first-order valence-corrected chi connectivity index (χ1v) is 15.4. The summed E-state index contributed by atoms with van der Waals surface area (Å²) in [7, 11) is -2.54. The first kappa shape index (κ1) is 32.8. The number of ether oxygens (including phenoxy) is 1. The predicted molar refractivity (Wildman–Crippen MR) is 150 cm³/mol. The topological polar surface area (TPSA) is 149 Å². The minimum absolute atomic E-state index is 0. The maximum absolute atomic E-state index is 11.9. The number of aromatic nitrogens is 4. The summed E-state index contributed by atoms with van der Waals surface area (Å²) in [6.07, 6.45) is 17.4. The minimum Gasteiger partial charge on any atom is -0.382 e. The lowest BCUT2D eigenvalue weighted by Crippen LogP contribution is -2.17. The van der Waals surface area contributed by atoms with Gasteiger partial charge in [0.15, 0.2) is 18.3 Å². The molecule has 0 aliphatic rings. The molecular formula is C24H47N6O4PS. The van der Waals surface area contributed by atoms with Crippen LogP contribution in [0, 0.1) is 0 Å². The number of nitrogens with two attached hydrogens (primary N) is 1. The van der Waals surface area contributed by atoms with Crippen LogP contribution in [0.15, 0.2) is 12.7 Å². The van der Waals surface area contributed by atoms with Crippen LogP contribution in [-0.2, 0) is 24.9 Å². The number of hydrogen-bond acceptors (Lipinski definition) is 10. The Morgan fingerprint density at radius 3 is 2.36 bits per heavy atom. The van der Waals surface area contributed by atoms with Crippen molar-refractivity contribution in [3.63, 3.8) is 0 Å². The van der Waals surface area contributed by atoms with Crippen molar-refractivity contribution in [2.24, 2.45) is 0 Å². The fourth-order valence-corrected chi connectivity index (χ4v) is 5.21. The first-order valence-electron chi connectivity index (χ1n) is 13.0. The second-order valence-corrected chi connectivity index (χ2v) is 11.1. The van der Waals surface area contributed by atoms with Crippen LogP contribution >= 0.6 is 20.0 Å². The average molecular weight is 547 g/mol. The molecule has 2 heterocycles. The summed E-state index contributed by atoms with van der Waals surface area (Å²) < 4.78 is 29.8. The molecule has 1 unspecified atom stereocenters. The summed E-state index contributed by atoms with van der Waals surface area (Å²) in [4.78, 5) is 12.4. The molecule has 0 aromatic carbocycles. The van der Waals surface area contributed by atoms with Crippen molar-refractivity contribution in [2.45, 2.75) is 97.1 Å². The molecule has 0 saturated heterocycles. The van der Waals surface area contributed by atoms with Crippen molar-refractivity contribution in [3.05, 3.63) is 12.7 Å². The average Bonchev–Trinajstić information content (AvgIpc) is 3.25. The molecule has 0 bridgehead atoms. The van der Waals surface area contributed by atoms with E-state index in [1.165, 1.54) is 76.3 Å². The third-order valence-electron chi connectivity index (χ3n) is 5.71. The van der Waals surface area contributed by atoms with Gasteiger partial charge in [-0.3, -0.25) is 9.09 Å². The number of thioether (sulfide) groups is 1. The fraction of sp³-hybridized carbons (Fsp3) is 0.792. The Bertz CT molecular complexity index is 844. The summed E-state index contributed by atoms with van der Waals surface area (Å²) in [5.41, 5.74) is 7.02. The Hall–Kier alpha value is -1.23. The molecule has 36 heavy (non-hydrogen) atoms. The van der Waals surface area contributed by atoms with Crippen molar-refractivity contribution in [1.82, 2.24) is 25.7 Å². The molecule has 12 heteroatoms. The number of nitrogen functional groups attached to an aromatic ring is 1. The Morgan fingerprint density at radius 1 is 0.972 bits per heavy atom. The second kappa shape index (κ2) is 20.8. The molecule has 2 aromatic rings. The van der Waals surface area contributed by atoms with E-state index >= 15 is 0 Å². The number of unbranched alkanes of at least 4 members (excludes halogenated alkanes) is 9. The molecular weight excluding hydrogens is 499 g/mol. The smallest absolute Gasteiger partial charge is 0.321 e. The molecule has 2 rings (SSSR count). The molecule has 2 atom stereocenters. The first-order chi connectivity index (χ1) is 17.1.